The maximum absolute atomic E-state index is 5.17. The summed E-state index contributed by atoms with van der Waals surface area (Å²) in [5.41, 5.74) is 0. The Bertz CT molecular complexity index is 656. The molecule has 1 aliphatic rings. The molecule has 1 aliphatic heterocycles. The predicted molar refractivity (Wildman–Crippen MR) is 89.4 cm³/mol. The van der Waals surface area contributed by atoms with Crippen molar-refractivity contribution < 1.29 is 4.74 Å². The van der Waals surface area contributed by atoms with Gasteiger partial charge in [-0.3, -0.25) is 0 Å². The highest BCUT2D eigenvalue weighted by Gasteiger charge is 2.22. The van der Waals surface area contributed by atoms with E-state index in [0.717, 1.165) is 43.6 Å². The Balaban J connectivity index is 1.71. The molecule has 23 heavy (non-hydrogen) atoms. The van der Waals surface area contributed by atoms with E-state index in [1.54, 1.807) is 19.5 Å². The van der Waals surface area contributed by atoms with Gasteiger partial charge in [0.05, 0.1) is 7.11 Å². The van der Waals surface area contributed by atoms with Crippen LogP contribution in [0.5, 0.6) is 5.88 Å². The molecule has 0 unspecified atom stereocenters. The van der Waals surface area contributed by atoms with Gasteiger partial charge in [0.25, 0.3) is 0 Å². The molecule has 0 amide bonds. The van der Waals surface area contributed by atoms with Crippen molar-refractivity contribution in [2.75, 3.05) is 62.1 Å². The third kappa shape index (κ3) is 3.25. The molecular formula is C15H21N7O. The van der Waals surface area contributed by atoms with Crippen molar-refractivity contribution in [1.82, 2.24) is 19.9 Å². The molecule has 3 heterocycles. The Hall–Kier alpha value is -2.64. The second kappa shape index (κ2) is 6.64. The number of anilines is 3. The van der Waals surface area contributed by atoms with E-state index in [-0.39, 0.29) is 0 Å². The molecule has 1 fully saturated rings. The third-order valence-electron chi connectivity index (χ3n) is 3.82. The fourth-order valence-corrected chi connectivity index (χ4v) is 2.62. The monoisotopic (exact) mass is 315 g/mol. The van der Waals surface area contributed by atoms with Crippen LogP contribution in [0.1, 0.15) is 0 Å². The van der Waals surface area contributed by atoms with Gasteiger partial charge in [0.1, 0.15) is 12.1 Å². The summed E-state index contributed by atoms with van der Waals surface area (Å²) >= 11 is 0. The molecule has 1 saturated heterocycles. The zero-order valence-electron chi connectivity index (χ0n) is 13.7. The molecule has 8 heteroatoms. The second-order valence-corrected chi connectivity index (χ2v) is 5.49. The fourth-order valence-electron chi connectivity index (χ4n) is 2.62. The number of piperazine rings is 1. The summed E-state index contributed by atoms with van der Waals surface area (Å²) in [4.78, 5) is 23.8. The third-order valence-corrected chi connectivity index (χ3v) is 3.82. The Morgan fingerprint density at radius 3 is 2.35 bits per heavy atom. The van der Waals surface area contributed by atoms with Crippen LogP contribution in [0.3, 0.4) is 0 Å². The molecule has 0 bridgehead atoms. The van der Waals surface area contributed by atoms with Crippen molar-refractivity contribution in [3.8, 4) is 5.88 Å². The molecule has 3 rings (SSSR count). The van der Waals surface area contributed by atoms with Gasteiger partial charge in [-0.1, -0.05) is 0 Å². The average Bonchev–Trinajstić information content (AvgIpc) is 2.62. The second-order valence-electron chi connectivity index (χ2n) is 5.49. The molecule has 0 saturated carbocycles. The summed E-state index contributed by atoms with van der Waals surface area (Å²) < 4.78 is 5.17. The highest BCUT2D eigenvalue weighted by molar-refractivity contribution is 5.62. The summed E-state index contributed by atoms with van der Waals surface area (Å²) in [5.74, 6) is 3.30. The van der Waals surface area contributed by atoms with Gasteiger partial charge in [0.15, 0.2) is 11.6 Å². The minimum Gasteiger partial charge on any atom is -0.481 e. The lowest BCUT2D eigenvalue weighted by atomic mass is 10.3. The maximum atomic E-state index is 5.17. The lowest BCUT2D eigenvalue weighted by Gasteiger charge is -2.36. The van der Waals surface area contributed by atoms with Crippen LogP contribution in [0.4, 0.5) is 17.5 Å². The largest absolute Gasteiger partial charge is 0.481 e. The van der Waals surface area contributed by atoms with Crippen LogP contribution in [0, 0.1) is 0 Å². The van der Waals surface area contributed by atoms with E-state index in [1.807, 2.05) is 25.1 Å². The molecule has 2 aromatic heterocycles. The zero-order valence-corrected chi connectivity index (χ0v) is 13.7. The number of ether oxygens (including phenoxy) is 1. The van der Waals surface area contributed by atoms with E-state index < -0.39 is 0 Å². The van der Waals surface area contributed by atoms with Crippen LogP contribution < -0.4 is 19.4 Å². The molecule has 0 aromatic carbocycles. The molecule has 0 N–H and O–H groups in total. The fraction of sp³-hybridized carbons (Fsp3) is 0.467. The highest BCUT2D eigenvalue weighted by atomic mass is 16.5. The first-order valence-corrected chi connectivity index (χ1v) is 7.53. The van der Waals surface area contributed by atoms with Crippen molar-refractivity contribution in [2.24, 2.45) is 0 Å². The maximum Gasteiger partial charge on any atom is 0.218 e. The van der Waals surface area contributed by atoms with E-state index in [2.05, 4.69) is 29.7 Å². The molecule has 0 spiro atoms. The van der Waals surface area contributed by atoms with Gasteiger partial charge in [0.2, 0.25) is 5.88 Å². The van der Waals surface area contributed by atoms with Crippen molar-refractivity contribution in [2.45, 2.75) is 0 Å². The molecular weight excluding hydrogens is 294 g/mol. The number of hydrogen-bond acceptors (Lipinski definition) is 8. The van der Waals surface area contributed by atoms with Gasteiger partial charge < -0.3 is 19.4 Å². The van der Waals surface area contributed by atoms with Gasteiger partial charge in [-0.2, -0.15) is 0 Å². The molecule has 2 aromatic rings. The number of hydrogen-bond donors (Lipinski definition) is 0. The minimum atomic E-state index is 0.584. The van der Waals surface area contributed by atoms with Crippen LogP contribution in [0.2, 0.25) is 0 Å². The summed E-state index contributed by atoms with van der Waals surface area (Å²) in [7, 11) is 5.58. The summed E-state index contributed by atoms with van der Waals surface area (Å²) in [6, 6.07) is 1.86. The van der Waals surface area contributed by atoms with Gasteiger partial charge in [-0.05, 0) is 0 Å². The normalized spacial score (nSPS) is 14.7. The quantitative estimate of drug-likeness (QED) is 0.815. The molecule has 0 atom stereocenters. The standard InChI is InChI=1S/C15H21N7O/c1-20(2)14-15(17-5-4-16-14)22-8-6-21(7-9-22)12-10-13(23-3)19-11-18-12/h4-5,10-11H,6-9H2,1-3H3. The molecule has 122 valence electrons. The van der Waals surface area contributed by atoms with E-state index in [0.29, 0.717) is 5.88 Å². The Labute approximate surface area is 135 Å². The number of rotatable bonds is 4. The Morgan fingerprint density at radius 2 is 1.65 bits per heavy atom. The Kier molecular flexibility index (Phi) is 4.40. The van der Waals surface area contributed by atoms with E-state index >= 15 is 0 Å². The predicted octanol–water partition coefficient (Wildman–Crippen LogP) is 0.668. The molecule has 0 aliphatic carbocycles. The highest BCUT2D eigenvalue weighted by Crippen LogP contribution is 2.25. The van der Waals surface area contributed by atoms with Crippen LogP contribution in [-0.4, -0.2) is 67.3 Å². The lowest BCUT2D eigenvalue weighted by Crippen LogP contribution is -2.47. The lowest BCUT2D eigenvalue weighted by molar-refractivity contribution is 0.396. The van der Waals surface area contributed by atoms with Gasteiger partial charge in [-0.25, -0.2) is 19.9 Å². The van der Waals surface area contributed by atoms with E-state index in [9.17, 15) is 0 Å². The summed E-state index contributed by atoms with van der Waals surface area (Å²) in [6.07, 6.45) is 5.00. The van der Waals surface area contributed by atoms with Crippen LogP contribution in [0.25, 0.3) is 0 Å². The number of nitrogens with zero attached hydrogens (tertiary/aromatic N) is 7. The molecule has 8 nitrogen and oxygen atoms in total. The van der Waals surface area contributed by atoms with Gasteiger partial charge in [0, 0.05) is 58.7 Å². The summed E-state index contributed by atoms with van der Waals surface area (Å²) in [6.45, 7) is 3.46. The molecule has 0 radical (unpaired) electrons. The first-order valence-electron chi connectivity index (χ1n) is 7.53. The Morgan fingerprint density at radius 1 is 0.957 bits per heavy atom. The summed E-state index contributed by atoms with van der Waals surface area (Å²) in [5, 5.41) is 0. The first-order chi connectivity index (χ1) is 11.2. The first kappa shape index (κ1) is 15.3. The number of methoxy groups -OCH3 is 1. The minimum absolute atomic E-state index is 0.584. The van der Waals surface area contributed by atoms with Crippen molar-refractivity contribution >= 4 is 17.5 Å². The topological polar surface area (TPSA) is 70.5 Å². The zero-order chi connectivity index (χ0) is 16.2. The number of aromatic nitrogens is 4. The SMILES string of the molecule is COc1cc(N2CCN(c3nccnc3N(C)C)CC2)ncn1. The van der Waals surface area contributed by atoms with Gasteiger partial charge >= 0.3 is 0 Å². The van der Waals surface area contributed by atoms with Crippen LogP contribution >= 0.6 is 0 Å². The van der Waals surface area contributed by atoms with Crippen molar-refractivity contribution in [3.63, 3.8) is 0 Å². The van der Waals surface area contributed by atoms with E-state index in [1.165, 1.54) is 6.33 Å². The van der Waals surface area contributed by atoms with E-state index in [4.69, 9.17) is 4.74 Å². The van der Waals surface area contributed by atoms with Crippen LogP contribution in [-0.2, 0) is 0 Å². The van der Waals surface area contributed by atoms with Crippen molar-refractivity contribution in [1.29, 1.82) is 0 Å². The van der Waals surface area contributed by atoms with Gasteiger partial charge in [-0.15, -0.1) is 0 Å². The van der Waals surface area contributed by atoms with Crippen molar-refractivity contribution in [3.05, 3.63) is 24.8 Å². The average molecular weight is 315 g/mol. The van der Waals surface area contributed by atoms with Crippen LogP contribution in [0.15, 0.2) is 24.8 Å². The smallest absolute Gasteiger partial charge is 0.218 e.